The fourth-order valence-corrected chi connectivity index (χ4v) is 2.91. The zero-order valence-electron chi connectivity index (χ0n) is 15.9. The molecular weight excluding hydrogens is 486 g/mol. The SMILES string of the molecule is C#C[C@@]1(OC)CCC[C@H]1C(=O)C1=CCCC1.[C-]#[O+].[C-]#[O+].[C-]#[O+].[C-]#[O+].[C-]#[O+].[C-]#[O+].[Co].[Co]. The van der Waals surface area contributed by atoms with Gasteiger partial charge in [-0.25, -0.2) is 0 Å². The number of methoxy groups -OCH3 is 1. The quantitative estimate of drug-likeness (QED) is 0.330. The number of allylic oxidation sites excluding steroid dienone is 2. The molecular formula is C20H18Co2O8. The van der Waals surface area contributed by atoms with Crippen LogP contribution >= 0.6 is 0 Å². The van der Waals surface area contributed by atoms with Gasteiger partial charge >= 0.3 is 67.8 Å². The van der Waals surface area contributed by atoms with Gasteiger partial charge in [0.2, 0.25) is 0 Å². The Kier molecular flexibility index (Phi) is 59.0. The van der Waals surface area contributed by atoms with E-state index in [0.717, 1.165) is 44.1 Å². The van der Waals surface area contributed by atoms with Gasteiger partial charge in [0.15, 0.2) is 5.78 Å². The fraction of sp³-hybridized carbons (Fsp3) is 0.450. The maximum atomic E-state index is 12.3. The van der Waals surface area contributed by atoms with Gasteiger partial charge in [0, 0.05) is 40.7 Å². The minimum Gasteiger partial charge on any atom is 0 e. The number of ketones is 1. The van der Waals surface area contributed by atoms with Crippen molar-refractivity contribution in [3.05, 3.63) is 51.6 Å². The molecule has 0 aliphatic heterocycles. The second-order valence-corrected chi connectivity index (χ2v) is 4.67. The number of hydrogen-bond donors (Lipinski definition) is 0. The van der Waals surface area contributed by atoms with E-state index in [4.69, 9.17) is 39.1 Å². The summed E-state index contributed by atoms with van der Waals surface area (Å²) in [6.45, 7) is 27.0. The molecule has 0 saturated heterocycles. The van der Waals surface area contributed by atoms with E-state index in [0.29, 0.717) is 0 Å². The van der Waals surface area contributed by atoms with E-state index in [1.807, 2.05) is 0 Å². The maximum absolute atomic E-state index is 12.3. The van der Waals surface area contributed by atoms with Crippen molar-refractivity contribution in [1.82, 2.24) is 0 Å². The van der Waals surface area contributed by atoms with Crippen LogP contribution in [0.15, 0.2) is 11.6 Å². The van der Waals surface area contributed by atoms with Crippen LogP contribution in [-0.4, -0.2) is 18.5 Å². The molecule has 2 radical (unpaired) electrons. The van der Waals surface area contributed by atoms with Gasteiger partial charge in [0.25, 0.3) is 0 Å². The number of Topliss-reactive ketones (excluding diaryl/α,β-unsaturated/α-hetero) is 1. The number of ether oxygens (including phenoxy) is 1. The Morgan fingerprint density at radius 3 is 1.73 bits per heavy atom. The average molecular weight is 504 g/mol. The summed E-state index contributed by atoms with van der Waals surface area (Å²) in [6, 6.07) is 0. The van der Waals surface area contributed by atoms with E-state index in [2.05, 4.69) is 51.9 Å². The van der Waals surface area contributed by atoms with Crippen LogP contribution in [0.25, 0.3) is 0 Å². The van der Waals surface area contributed by atoms with Crippen molar-refractivity contribution in [2.75, 3.05) is 7.11 Å². The van der Waals surface area contributed by atoms with Crippen LogP contribution in [0.1, 0.15) is 38.5 Å². The van der Waals surface area contributed by atoms with Crippen LogP contribution in [0.5, 0.6) is 0 Å². The van der Waals surface area contributed by atoms with E-state index < -0.39 is 5.60 Å². The van der Waals surface area contributed by atoms with Crippen LogP contribution in [0.4, 0.5) is 0 Å². The summed E-state index contributed by atoms with van der Waals surface area (Å²) in [7, 11) is 1.62. The van der Waals surface area contributed by atoms with Crippen LogP contribution < -0.4 is 0 Å². The fourth-order valence-electron chi connectivity index (χ4n) is 2.91. The van der Waals surface area contributed by atoms with Crippen molar-refractivity contribution in [3.63, 3.8) is 0 Å². The van der Waals surface area contributed by atoms with Crippen molar-refractivity contribution in [2.24, 2.45) is 5.92 Å². The normalized spacial score (nSPS) is 18.3. The van der Waals surface area contributed by atoms with E-state index in [1.54, 1.807) is 7.11 Å². The summed E-state index contributed by atoms with van der Waals surface area (Å²) >= 11 is 0. The van der Waals surface area contributed by atoms with Crippen molar-refractivity contribution >= 4 is 5.78 Å². The van der Waals surface area contributed by atoms with Crippen molar-refractivity contribution in [2.45, 2.75) is 44.1 Å². The Morgan fingerprint density at radius 1 is 1.00 bits per heavy atom. The third-order valence-electron chi connectivity index (χ3n) is 3.89. The molecule has 10 heteroatoms. The van der Waals surface area contributed by atoms with Gasteiger partial charge in [0.1, 0.15) is 5.60 Å². The molecule has 30 heavy (non-hydrogen) atoms. The zero-order valence-corrected chi connectivity index (χ0v) is 18.0. The molecule has 1 saturated carbocycles. The number of hydrogen-bond acceptors (Lipinski definition) is 2. The Balaban J connectivity index is -0.0000000657. The van der Waals surface area contributed by atoms with Crippen LogP contribution in [0.2, 0.25) is 0 Å². The van der Waals surface area contributed by atoms with Gasteiger partial charge in [-0.2, -0.15) is 0 Å². The molecule has 2 aliphatic rings. The molecule has 0 spiro atoms. The number of rotatable bonds is 3. The molecule has 0 unspecified atom stereocenters. The second kappa shape index (κ2) is 38.0. The molecule has 1 fully saturated rings. The molecule has 0 aromatic heterocycles. The van der Waals surface area contributed by atoms with Crippen molar-refractivity contribution in [3.8, 4) is 12.3 Å². The first kappa shape index (κ1) is 46.5. The van der Waals surface area contributed by atoms with Crippen LogP contribution in [0.3, 0.4) is 0 Å². The minimum atomic E-state index is -0.638. The van der Waals surface area contributed by atoms with E-state index in [-0.39, 0.29) is 45.3 Å². The molecule has 8 nitrogen and oxygen atoms in total. The molecule has 0 aromatic carbocycles. The van der Waals surface area contributed by atoms with E-state index in [1.165, 1.54) is 0 Å². The average Bonchev–Trinajstić information content (AvgIpc) is 3.52. The molecule has 2 aliphatic carbocycles. The van der Waals surface area contributed by atoms with Crippen molar-refractivity contribution < 1.29 is 71.0 Å². The summed E-state index contributed by atoms with van der Waals surface area (Å²) in [6.07, 6.45) is 13.3. The van der Waals surface area contributed by atoms with E-state index in [9.17, 15) is 4.79 Å². The maximum Gasteiger partial charge on any atom is 0 e. The molecule has 164 valence electrons. The summed E-state index contributed by atoms with van der Waals surface area (Å²) in [5.74, 6) is 2.82. The predicted molar refractivity (Wildman–Crippen MR) is 86.4 cm³/mol. The Bertz CT molecular complexity index is 562. The standard InChI is InChI=1S/C14H18O2.6CO.2Co/c1-3-14(16-2)10-6-9-12(14)13(15)11-7-4-5-8-11;6*1-2;;/h1,7,12H,4-6,8-10H2,2H3;;;;;;;;/t12-,14+;;;;;;;;/m0......../s1. The minimum absolute atomic E-state index is 0. The first-order valence-electron chi connectivity index (χ1n) is 7.22. The number of carbonyl (C=O) groups is 1. The van der Waals surface area contributed by atoms with Gasteiger partial charge in [-0.05, 0) is 44.1 Å². The smallest absolute Gasteiger partial charge is 0 e. The van der Waals surface area contributed by atoms with Gasteiger partial charge in [-0.1, -0.05) is 12.0 Å². The van der Waals surface area contributed by atoms with Crippen LogP contribution in [-0.2, 0) is 71.0 Å². The van der Waals surface area contributed by atoms with Gasteiger partial charge < -0.3 is 4.74 Å². The molecule has 0 amide bonds. The summed E-state index contributed by atoms with van der Waals surface area (Å²) in [4.78, 5) is 12.3. The molecule has 2 rings (SSSR count). The summed E-state index contributed by atoms with van der Waals surface area (Å²) in [5.41, 5.74) is 0.337. The number of terminal acetylenes is 1. The van der Waals surface area contributed by atoms with Crippen molar-refractivity contribution in [1.29, 1.82) is 0 Å². The largest absolute Gasteiger partial charge is 0 e. The predicted octanol–water partition coefficient (Wildman–Crippen LogP) is 2.25. The third kappa shape index (κ3) is 16.2. The second-order valence-electron chi connectivity index (χ2n) is 4.67. The summed E-state index contributed by atoms with van der Waals surface area (Å²) < 4.78 is 50.5. The summed E-state index contributed by atoms with van der Waals surface area (Å²) in [5, 5.41) is 0. The van der Waals surface area contributed by atoms with Gasteiger partial charge in [-0.15, -0.1) is 6.42 Å². The first-order chi connectivity index (χ1) is 13.7. The number of carbonyl (C=O) groups excluding carboxylic acids is 1. The first-order valence-corrected chi connectivity index (χ1v) is 7.22. The molecule has 0 aromatic rings. The van der Waals surface area contributed by atoms with Gasteiger partial charge in [0.05, 0.1) is 5.92 Å². The Labute approximate surface area is 197 Å². The zero-order chi connectivity index (χ0) is 23.6. The van der Waals surface area contributed by atoms with Gasteiger partial charge in [-0.3, -0.25) is 4.79 Å². The Hall–Kier alpha value is -1.62. The molecule has 0 heterocycles. The Morgan fingerprint density at radius 2 is 1.43 bits per heavy atom. The van der Waals surface area contributed by atoms with E-state index >= 15 is 0 Å². The topological polar surface area (TPSA) is 146 Å². The monoisotopic (exact) mass is 504 g/mol. The molecule has 2 atom stereocenters. The molecule has 0 bridgehead atoms. The van der Waals surface area contributed by atoms with Crippen LogP contribution in [0, 0.1) is 58.2 Å². The molecule has 0 N–H and O–H groups in total. The third-order valence-corrected chi connectivity index (χ3v) is 3.89.